The van der Waals surface area contributed by atoms with Crippen LogP contribution in [0.15, 0.2) is 77.7 Å². The maximum absolute atomic E-state index is 12.5. The molecule has 158 valence electrons. The summed E-state index contributed by atoms with van der Waals surface area (Å²) in [5.41, 5.74) is 3.36. The Morgan fingerprint density at radius 1 is 0.871 bits per heavy atom. The van der Waals surface area contributed by atoms with Gasteiger partial charge in [0.25, 0.3) is 10.0 Å². The normalized spacial score (nSPS) is 11.3. The number of sulfonamides is 1. The second-order valence-corrected chi connectivity index (χ2v) is 8.81. The van der Waals surface area contributed by atoms with E-state index in [0.29, 0.717) is 18.2 Å². The molecule has 0 aliphatic heterocycles. The van der Waals surface area contributed by atoms with Gasteiger partial charge < -0.3 is 10.6 Å². The van der Waals surface area contributed by atoms with Gasteiger partial charge in [-0.1, -0.05) is 42.0 Å². The number of aromatic nitrogens is 2. The smallest absolute Gasteiger partial charge is 0.261 e. The first kappa shape index (κ1) is 20.6. The Kier molecular flexibility index (Phi) is 5.73. The number of rotatable bonds is 7. The molecule has 4 aromatic rings. The lowest BCUT2D eigenvalue weighted by Gasteiger charge is -2.12. The van der Waals surface area contributed by atoms with Crippen molar-refractivity contribution in [2.45, 2.75) is 18.4 Å². The summed E-state index contributed by atoms with van der Waals surface area (Å²) in [7, 11) is -1.84. The minimum atomic E-state index is -3.62. The van der Waals surface area contributed by atoms with Gasteiger partial charge in [-0.3, -0.25) is 4.72 Å². The number of anilines is 3. The number of hydrogen-bond donors (Lipinski definition) is 3. The highest BCUT2D eigenvalue weighted by Gasteiger charge is 2.13. The van der Waals surface area contributed by atoms with Gasteiger partial charge in [0.1, 0.15) is 5.82 Å². The highest BCUT2D eigenvalue weighted by atomic mass is 32.2. The Morgan fingerprint density at radius 2 is 1.58 bits per heavy atom. The van der Waals surface area contributed by atoms with Gasteiger partial charge in [0.2, 0.25) is 5.95 Å². The lowest BCUT2D eigenvalue weighted by molar-refractivity contribution is 0.601. The van der Waals surface area contributed by atoms with Crippen LogP contribution in [-0.4, -0.2) is 25.4 Å². The number of hydrogen-bond acceptors (Lipinski definition) is 6. The number of fused-ring (bicyclic) bond motifs is 1. The van der Waals surface area contributed by atoms with Crippen LogP contribution in [0.2, 0.25) is 0 Å². The lowest BCUT2D eigenvalue weighted by atomic mass is 10.2. The molecule has 0 bridgehead atoms. The van der Waals surface area contributed by atoms with E-state index in [4.69, 9.17) is 0 Å². The van der Waals surface area contributed by atoms with Gasteiger partial charge in [-0.05, 0) is 48.9 Å². The molecular weight excluding hydrogens is 410 g/mol. The van der Waals surface area contributed by atoms with Gasteiger partial charge in [-0.25, -0.2) is 13.4 Å². The highest BCUT2D eigenvalue weighted by molar-refractivity contribution is 7.92. The zero-order valence-corrected chi connectivity index (χ0v) is 18.1. The van der Waals surface area contributed by atoms with E-state index in [1.807, 2.05) is 43.3 Å². The van der Waals surface area contributed by atoms with Crippen molar-refractivity contribution in [2.75, 3.05) is 22.4 Å². The van der Waals surface area contributed by atoms with Crippen molar-refractivity contribution < 1.29 is 8.42 Å². The summed E-state index contributed by atoms with van der Waals surface area (Å²) < 4.78 is 27.7. The number of benzene rings is 3. The first-order chi connectivity index (χ1) is 14.9. The van der Waals surface area contributed by atoms with Crippen LogP contribution in [0.1, 0.15) is 11.1 Å². The molecule has 3 aromatic carbocycles. The van der Waals surface area contributed by atoms with Crippen molar-refractivity contribution in [3.63, 3.8) is 0 Å². The topological polar surface area (TPSA) is 96.0 Å². The molecule has 3 N–H and O–H groups in total. The first-order valence-electron chi connectivity index (χ1n) is 9.81. The molecule has 0 aliphatic carbocycles. The van der Waals surface area contributed by atoms with Gasteiger partial charge in [-0.15, -0.1) is 0 Å². The SMILES string of the molecule is CNc1nc(NCc2ccc(NS(=O)(=O)c3ccc(C)cc3)cc2)c2ccccc2n1. The van der Waals surface area contributed by atoms with E-state index >= 15 is 0 Å². The Balaban J connectivity index is 1.47. The van der Waals surface area contributed by atoms with Gasteiger partial charge in [0, 0.05) is 24.7 Å². The van der Waals surface area contributed by atoms with E-state index in [2.05, 4.69) is 25.3 Å². The Labute approximate surface area is 181 Å². The summed E-state index contributed by atoms with van der Waals surface area (Å²) in [6.07, 6.45) is 0. The molecule has 0 radical (unpaired) electrons. The summed E-state index contributed by atoms with van der Waals surface area (Å²) in [4.78, 5) is 9.21. The minimum Gasteiger partial charge on any atom is -0.365 e. The molecule has 1 heterocycles. The summed E-state index contributed by atoms with van der Waals surface area (Å²) in [5.74, 6) is 1.28. The molecule has 0 atom stereocenters. The molecule has 4 rings (SSSR count). The molecule has 7 nitrogen and oxygen atoms in total. The van der Waals surface area contributed by atoms with Crippen molar-refractivity contribution >= 4 is 38.4 Å². The Hall–Kier alpha value is -3.65. The zero-order valence-electron chi connectivity index (χ0n) is 17.3. The molecule has 0 amide bonds. The molecular formula is C23H23N5O2S. The third-order valence-electron chi connectivity index (χ3n) is 4.82. The van der Waals surface area contributed by atoms with Gasteiger partial charge >= 0.3 is 0 Å². The van der Waals surface area contributed by atoms with Crippen LogP contribution >= 0.6 is 0 Å². The summed E-state index contributed by atoms with van der Waals surface area (Å²) >= 11 is 0. The number of para-hydroxylation sites is 1. The predicted octanol–water partition coefficient (Wildman–Crippen LogP) is 4.39. The van der Waals surface area contributed by atoms with E-state index in [0.717, 1.165) is 27.8 Å². The van der Waals surface area contributed by atoms with Crippen molar-refractivity contribution in [3.05, 3.63) is 83.9 Å². The van der Waals surface area contributed by atoms with Gasteiger partial charge in [0.15, 0.2) is 0 Å². The van der Waals surface area contributed by atoms with Crippen LogP contribution in [0.5, 0.6) is 0 Å². The van der Waals surface area contributed by atoms with E-state index < -0.39 is 10.0 Å². The number of aryl methyl sites for hydroxylation is 1. The predicted molar refractivity (Wildman–Crippen MR) is 125 cm³/mol. The molecule has 31 heavy (non-hydrogen) atoms. The van der Waals surface area contributed by atoms with Crippen LogP contribution in [0.3, 0.4) is 0 Å². The first-order valence-corrected chi connectivity index (χ1v) is 11.3. The van der Waals surface area contributed by atoms with E-state index in [-0.39, 0.29) is 4.90 Å². The monoisotopic (exact) mass is 433 g/mol. The van der Waals surface area contributed by atoms with Crippen LogP contribution in [0.25, 0.3) is 10.9 Å². The third kappa shape index (κ3) is 4.75. The van der Waals surface area contributed by atoms with Crippen LogP contribution in [-0.2, 0) is 16.6 Å². The Morgan fingerprint density at radius 3 is 2.29 bits per heavy atom. The molecule has 8 heteroatoms. The van der Waals surface area contributed by atoms with Crippen molar-refractivity contribution in [2.24, 2.45) is 0 Å². The number of nitrogens with one attached hydrogen (secondary N) is 3. The van der Waals surface area contributed by atoms with Crippen molar-refractivity contribution in [1.29, 1.82) is 0 Å². The van der Waals surface area contributed by atoms with E-state index in [1.165, 1.54) is 0 Å². The maximum atomic E-state index is 12.5. The molecule has 0 saturated heterocycles. The minimum absolute atomic E-state index is 0.236. The highest BCUT2D eigenvalue weighted by Crippen LogP contribution is 2.23. The Bertz CT molecular complexity index is 1300. The molecule has 1 aromatic heterocycles. The molecule has 0 saturated carbocycles. The largest absolute Gasteiger partial charge is 0.365 e. The zero-order chi connectivity index (χ0) is 21.8. The second-order valence-electron chi connectivity index (χ2n) is 7.13. The van der Waals surface area contributed by atoms with Crippen molar-refractivity contribution in [1.82, 2.24) is 9.97 Å². The summed E-state index contributed by atoms with van der Waals surface area (Å²) in [5, 5.41) is 7.26. The molecule has 0 unspecified atom stereocenters. The summed E-state index contributed by atoms with van der Waals surface area (Å²) in [6.45, 7) is 2.45. The summed E-state index contributed by atoms with van der Waals surface area (Å²) in [6, 6.07) is 21.8. The van der Waals surface area contributed by atoms with E-state index in [1.54, 1.807) is 43.4 Å². The van der Waals surface area contributed by atoms with Gasteiger partial charge in [0.05, 0.1) is 10.4 Å². The lowest BCUT2D eigenvalue weighted by Crippen LogP contribution is -2.13. The quantitative estimate of drug-likeness (QED) is 0.400. The molecule has 0 spiro atoms. The fourth-order valence-electron chi connectivity index (χ4n) is 3.13. The fraction of sp³-hybridized carbons (Fsp3) is 0.130. The molecule has 0 fully saturated rings. The number of nitrogens with zero attached hydrogens (tertiary/aromatic N) is 2. The van der Waals surface area contributed by atoms with E-state index in [9.17, 15) is 8.42 Å². The maximum Gasteiger partial charge on any atom is 0.261 e. The average molecular weight is 434 g/mol. The standard InChI is InChI=1S/C23H23N5O2S/c1-16-7-13-19(14-8-16)31(29,30)28-18-11-9-17(10-12-18)15-25-22-20-5-3-4-6-21(20)26-23(24-2)27-22/h3-14,28H,15H2,1-2H3,(H2,24,25,26,27). The molecule has 0 aliphatic rings. The van der Waals surface area contributed by atoms with Crippen LogP contribution in [0, 0.1) is 6.92 Å². The van der Waals surface area contributed by atoms with Gasteiger partial charge in [-0.2, -0.15) is 4.98 Å². The van der Waals surface area contributed by atoms with Crippen LogP contribution < -0.4 is 15.4 Å². The third-order valence-corrected chi connectivity index (χ3v) is 6.22. The van der Waals surface area contributed by atoms with Crippen molar-refractivity contribution in [3.8, 4) is 0 Å². The fourth-order valence-corrected chi connectivity index (χ4v) is 4.19. The average Bonchev–Trinajstić information content (AvgIpc) is 2.78. The van der Waals surface area contributed by atoms with Crippen LogP contribution in [0.4, 0.5) is 17.5 Å². The second kappa shape index (κ2) is 8.61.